The van der Waals surface area contributed by atoms with Crippen molar-refractivity contribution in [2.45, 2.75) is 26.2 Å². The minimum Gasteiger partial charge on any atom is -0.356 e. The summed E-state index contributed by atoms with van der Waals surface area (Å²) < 4.78 is 12.9. The number of halogens is 1. The van der Waals surface area contributed by atoms with Gasteiger partial charge < -0.3 is 4.90 Å². The van der Waals surface area contributed by atoms with Gasteiger partial charge in [-0.2, -0.15) is 4.39 Å². The Kier molecular flexibility index (Phi) is 3.14. The smallest absolute Gasteiger partial charge is 0.218 e. The first-order valence-electron chi connectivity index (χ1n) is 5.48. The van der Waals surface area contributed by atoms with Gasteiger partial charge in [0.25, 0.3) is 0 Å². The molecular weight excluding hydrogens is 193 g/mol. The van der Waals surface area contributed by atoms with Crippen molar-refractivity contribution in [3.63, 3.8) is 0 Å². The lowest BCUT2D eigenvalue weighted by Gasteiger charge is -2.20. The number of aromatic nitrogens is 2. The Morgan fingerprint density at radius 2 is 2.20 bits per heavy atom. The molecule has 1 aromatic heterocycles. The van der Waals surface area contributed by atoms with Crippen LogP contribution in [0, 0.1) is 11.9 Å². The Bertz CT molecular complexity index is 329. The Labute approximate surface area is 89.3 Å². The van der Waals surface area contributed by atoms with Crippen molar-refractivity contribution in [1.29, 1.82) is 0 Å². The van der Waals surface area contributed by atoms with Gasteiger partial charge in [-0.25, -0.2) is 9.97 Å². The molecule has 15 heavy (non-hydrogen) atoms. The molecule has 0 N–H and O–H groups in total. The molecule has 1 aliphatic heterocycles. The minimum absolute atomic E-state index is 0.447. The standard InChI is InChI=1S/C11H16FN3/c1-9-3-2-5-15(6-4-9)11-7-10(12)13-8-14-11/h7-9H,2-6H2,1H3. The largest absolute Gasteiger partial charge is 0.356 e. The highest BCUT2D eigenvalue weighted by Crippen LogP contribution is 2.20. The predicted molar refractivity (Wildman–Crippen MR) is 57.2 cm³/mol. The van der Waals surface area contributed by atoms with Crippen LogP contribution in [0.25, 0.3) is 0 Å². The van der Waals surface area contributed by atoms with E-state index in [2.05, 4.69) is 21.8 Å². The molecule has 3 nitrogen and oxygen atoms in total. The monoisotopic (exact) mass is 209 g/mol. The van der Waals surface area contributed by atoms with Crippen LogP contribution in [0.3, 0.4) is 0 Å². The average Bonchev–Trinajstić information content (AvgIpc) is 2.43. The lowest BCUT2D eigenvalue weighted by Crippen LogP contribution is -2.25. The van der Waals surface area contributed by atoms with Crippen molar-refractivity contribution in [2.24, 2.45) is 5.92 Å². The number of nitrogens with zero attached hydrogens (tertiary/aromatic N) is 3. The van der Waals surface area contributed by atoms with Gasteiger partial charge in [-0.3, -0.25) is 0 Å². The molecule has 0 saturated carbocycles. The lowest BCUT2D eigenvalue weighted by atomic mass is 10.0. The molecule has 0 bridgehead atoms. The Morgan fingerprint density at radius 1 is 1.33 bits per heavy atom. The van der Waals surface area contributed by atoms with Crippen LogP contribution in [0.5, 0.6) is 0 Å². The second-order valence-corrected chi connectivity index (χ2v) is 4.22. The van der Waals surface area contributed by atoms with Crippen LogP contribution < -0.4 is 4.90 Å². The van der Waals surface area contributed by atoms with Crippen LogP contribution in [0.4, 0.5) is 10.2 Å². The van der Waals surface area contributed by atoms with Crippen molar-refractivity contribution >= 4 is 5.82 Å². The number of anilines is 1. The van der Waals surface area contributed by atoms with Crippen molar-refractivity contribution in [2.75, 3.05) is 18.0 Å². The van der Waals surface area contributed by atoms with E-state index in [1.165, 1.54) is 18.8 Å². The topological polar surface area (TPSA) is 29.0 Å². The number of rotatable bonds is 1. The van der Waals surface area contributed by atoms with E-state index in [0.29, 0.717) is 0 Å². The molecule has 1 aromatic rings. The zero-order valence-electron chi connectivity index (χ0n) is 8.99. The van der Waals surface area contributed by atoms with Gasteiger partial charge in [-0.05, 0) is 25.2 Å². The van der Waals surface area contributed by atoms with Gasteiger partial charge in [-0.1, -0.05) is 6.92 Å². The highest BCUT2D eigenvalue weighted by Gasteiger charge is 2.15. The number of hydrogen-bond acceptors (Lipinski definition) is 3. The molecule has 0 aliphatic carbocycles. The average molecular weight is 209 g/mol. The molecular formula is C11H16FN3. The SMILES string of the molecule is CC1CCCN(c2cc(F)ncn2)CC1. The molecule has 1 fully saturated rings. The zero-order valence-corrected chi connectivity index (χ0v) is 8.99. The summed E-state index contributed by atoms with van der Waals surface area (Å²) in [4.78, 5) is 9.72. The third kappa shape index (κ3) is 2.64. The molecule has 1 saturated heterocycles. The summed E-state index contributed by atoms with van der Waals surface area (Å²) in [6.07, 6.45) is 4.86. The third-order valence-electron chi connectivity index (χ3n) is 2.96. The predicted octanol–water partition coefficient (Wildman–Crippen LogP) is 2.24. The van der Waals surface area contributed by atoms with Crippen LogP contribution in [-0.2, 0) is 0 Å². The summed E-state index contributed by atoms with van der Waals surface area (Å²) in [5, 5.41) is 0. The molecule has 0 amide bonds. The van der Waals surface area contributed by atoms with Gasteiger partial charge in [0.05, 0.1) is 0 Å². The zero-order chi connectivity index (χ0) is 10.7. The van der Waals surface area contributed by atoms with Crippen LogP contribution in [0.2, 0.25) is 0 Å². The van der Waals surface area contributed by atoms with E-state index in [0.717, 1.165) is 37.7 Å². The Hall–Kier alpha value is -1.19. The molecule has 82 valence electrons. The Morgan fingerprint density at radius 3 is 3.00 bits per heavy atom. The first-order valence-corrected chi connectivity index (χ1v) is 5.48. The highest BCUT2D eigenvalue weighted by molar-refractivity contribution is 5.36. The summed E-state index contributed by atoms with van der Waals surface area (Å²) in [6, 6.07) is 1.41. The van der Waals surface area contributed by atoms with Gasteiger partial charge in [0, 0.05) is 19.2 Å². The molecule has 0 radical (unpaired) electrons. The van der Waals surface area contributed by atoms with Crippen molar-refractivity contribution in [3.05, 3.63) is 18.3 Å². The second-order valence-electron chi connectivity index (χ2n) is 4.22. The van der Waals surface area contributed by atoms with E-state index in [4.69, 9.17) is 0 Å². The second kappa shape index (κ2) is 4.55. The maximum absolute atomic E-state index is 12.9. The maximum Gasteiger partial charge on any atom is 0.218 e. The van der Waals surface area contributed by atoms with Gasteiger partial charge in [-0.15, -0.1) is 0 Å². The van der Waals surface area contributed by atoms with Gasteiger partial charge in [0.15, 0.2) is 0 Å². The van der Waals surface area contributed by atoms with E-state index >= 15 is 0 Å². The lowest BCUT2D eigenvalue weighted by molar-refractivity contribution is 0.521. The maximum atomic E-state index is 12.9. The fraction of sp³-hybridized carbons (Fsp3) is 0.636. The highest BCUT2D eigenvalue weighted by atomic mass is 19.1. The fourth-order valence-electron chi connectivity index (χ4n) is 1.99. The van der Waals surface area contributed by atoms with E-state index in [1.54, 1.807) is 0 Å². The fourth-order valence-corrected chi connectivity index (χ4v) is 1.99. The molecule has 1 unspecified atom stereocenters. The molecule has 1 aliphatic rings. The molecule has 1 atom stereocenters. The third-order valence-corrected chi connectivity index (χ3v) is 2.96. The molecule has 0 spiro atoms. The van der Waals surface area contributed by atoms with E-state index < -0.39 is 5.95 Å². The van der Waals surface area contributed by atoms with Gasteiger partial charge in [0.1, 0.15) is 12.1 Å². The van der Waals surface area contributed by atoms with Crippen LogP contribution in [-0.4, -0.2) is 23.1 Å². The van der Waals surface area contributed by atoms with Crippen LogP contribution in [0.1, 0.15) is 26.2 Å². The van der Waals surface area contributed by atoms with Crippen molar-refractivity contribution in [3.8, 4) is 0 Å². The molecule has 4 heteroatoms. The summed E-state index contributed by atoms with van der Waals surface area (Å²) >= 11 is 0. The number of hydrogen-bond donors (Lipinski definition) is 0. The summed E-state index contributed by atoms with van der Waals surface area (Å²) in [5.74, 6) is 1.04. The van der Waals surface area contributed by atoms with Gasteiger partial charge >= 0.3 is 0 Å². The van der Waals surface area contributed by atoms with Gasteiger partial charge in [0.2, 0.25) is 5.95 Å². The quantitative estimate of drug-likeness (QED) is 0.664. The van der Waals surface area contributed by atoms with E-state index in [1.807, 2.05) is 0 Å². The molecule has 2 rings (SSSR count). The first-order chi connectivity index (χ1) is 7.25. The first kappa shape index (κ1) is 10.3. The molecule has 2 heterocycles. The van der Waals surface area contributed by atoms with Crippen LogP contribution >= 0.6 is 0 Å². The summed E-state index contributed by atoms with van der Waals surface area (Å²) in [7, 11) is 0. The van der Waals surface area contributed by atoms with Crippen molar-refractivity contribution in [1.82, 2.24) is 9.97 Å². The summed E-state index contributed by atoms with van der Waals surface area (Å²) in [5.41, 5.74) is 0. The summed E-state index contributed by atoms with van der Waals surface area (Å²) in [6.45, 7) is 4.21. The molecule has 0 aromatic carbocycles. The van der Waals surface area contributed by atoms with Crippen molar-refractivity contribution < 1.29 is 4.39 Å². The van der Waals surface area contributed by atoms with Crippen LogP contribution in [0.15, 0.2) is 12.4 Å². The van der Waals surface area contributed by atoms with E-state index in [9.17, 15) is 4.39 Å². The normalized spacial score (nSPS) is 22.5. The van der Waals surface area contributed by atoms with E-state index in [-0.39, 0.29) is 0 Å². The Balaban J connectivity index is 2.09. The minimum atomic E-state index is -0.447.